The topological polar surface area (TPSA) is 53.5 Å². The fourth-order valence-corrected chi connectivity index (χ4v) is 11.7. The normalized spacial score (nSPS) is 14.2. The van der Waals surface area contributed by atoms with Crippen molar-refractivity contribution in [2.45, 2.75) is 13.3 Å². The zero-order valence-electron chi connectivity index (χ0n) is 39.4. The number of rotatable bonds is 6. The molecule has 0 saturated heterocycles. The summed E-state index contributed by atoms with van der Waals surface area (Å²) in [6, 6.07) is 78.6. The summed E-state index contributed by atoms with van der Waals surface area (Å²) in [6.45, 7) is 2.33. The van der Waals surface area contributed by atoms with Crippen molar-refractivity contribution < 1.29 is 0 Å². The van der Waals surface area contributed by atoms with Crippen LogP contribution in [0.4, 0.5) is 0 Å². The molecule has 0 saturated carbocycles. The molecule has 10 aromatic carbocycles. The van der Waals surface area contributed by atoms with Crippen LogP contribution in [0, 0.1) is 5.92 Å². The molecule has 1 atom stereocenters. The summed E-state index contributed by atoms with van der Waals surface area (Å²) in [7, 11) is 0. The molecule has 4 aromatic heterocycles. The van der Waals surface area contributed by atoms with Gasteiger partial charge in [0.05, 0.1) is 33.1 Å². The minimum Gasteiger partial charge on any atom is -0.313 e. The van der Waals surface area contributed by atoms with Crippen molar-refractivity contribution in [2.24, 2.45) is 5.92 Å². The van der Waals surface area contributed by atoms with E-state index in [1.807, 2.05) is 0 Å². The molecule has 1 unspecified atom stereocenters. The van der Waals surface area contributed by atoms with Gasteiger partial charge in [-0.15, -0.1) is 0 Å². The van der Waals surface area contributed by atoms with Crippen molar-refractivity contribution in [3.8, 4) is 34.4 Å². The van der Waals surface area contributed by atoms with Crippen molar-refractivity contribution in [2.75, 3.05) is 0 Å². The molecule has 0 radical (unpaired) electrons. The highest BCUT2D eigenvalue weighted by atomic mass is 15.2. The number of para-hydroxylation sites is 3. The van der Waals surface area contributed by atoms with Gasteiger partial charge < -0.3 is 9.13 Å². The summed E-state index contributed by atoms with van der Waals surface area (Å²) in [5.74, 6) is 2.21. The Morgan fingerprint density at radius 3 is 1.51 bits per heavy atom. The Morgan fingerprint density at radius 1 is 0.375 bits per heavy atom. The van der Waals surface area contributed by atoms with Crippen LogP contribution in [0.3, 0.4) is 0 Å². The number of benzene rings is 10. The van der Waals surface area contributed by atoms with E-state index >= 15 is 0 Å². The average molecular weight is 921 g/mol. The lowest BCUT2D eigenvalue weighted by molar-refractivity contribution is 0.733. The fraction of sp³-hybridized carbons (Fsp3) is 0.0455. The van der Waals surface area contributed by atoms with E-state index in [4.69, 9.17) is 15.0 Å². The molecule has 14 aromatic rings. The summed E-state index contributed by atoms with van der Waals surface area (Å²) >= 11 is 0. The van der Waals surface area contributed by atoms with E-state index in [1.54, 1.807) is 0 Å². The van der Waals surface area contributed by atoms with Crippen LogP contribution in [0.25, 0.3) is 133 Å². The fourth-order valence-electron chi connectivity index (χ4n) is 11.7. The lowest BCUT2D eigenvalue weighted by atomic mass is 9.91. The van der Waals surface area contributed by atoms with Crippen molar-refractivity contribution >= 4 is 98.2 Å². The van der Waals surface area contributed by atoms with Gasteiger partial charge in [0, 0.05) is 54.8 Å². The second kappa shape index (κ2) is 15.8. The summed E-state index contributed by atoms with van der Waals surface area (Å²) in [5, 5.41) is 11.9. The van der Waals surface area contributed by atoms with Gasteiger partial charge in [0.15, 0.2) is 11.6 Å². The number of fused-ring (bicyclic) bond motifs is 12. The van der Waals surface area contributed by atoms with E-state index in [-0.39, 0.29) is 0 Å². The Labute approximate surface area is 414 Å². The van der Waals surface area contributed by atoms with Crippen LogP contribution in [0.2, 0.25) is 0 Å². The van der Waals surface area contributed by atoms with E-state index in [2.05, 4.69) is 251 Å². The third-order valence-electron chi connectivity index (χ3n) is 14.9. The Morgan fingerprint density at radius 2 is 0.875 bits per heavy atom. The molecule has 338 valence electrons. The van der Waals surface area contributed by atoms with Gasteiger partial charge >= 0.3 is 0 Å². The van der Waals surface area contributed by atoms with Gasteiger partial charge in [0.2, 0.25) is 5.95 Å². The second-order valence-corrected chi connectivity index (χ2v) is 19.3. The molecule has 1 aliphatic carbocycles. The van der Waals surface area contributed by atoms with Gasteiger partial charge in [0.1, 0.15) is 0 Å². The van der Waals surface area contributed by atoms with Crippen molar-refractivity contribution in [1.82, 2.24) is 28.7 Å². The quantitative estimate of drug-likeness (QED) is 0.167. The first-order chi connectivity index (χ1) is 35.6. The predicted molar refractivity (Wildman–Crippen MR) is 300 cm³/mol. The summed E-state index contributed by atoms with van der Waals surface area (Å²) in [5.41, 5.74) is 13.6. The van der Waals surface area contributed by atoms with Crippen molar-refractivity contribution in [3.63, 3.8) is 0 Å². The van der Waals surface area contributed by atoms with Gasteiger partial charge in [-0.2, -0.15) is 9.97 Å². The monoisotopic (exact) mass is 920 g/mol. The van der Waals surface area contributed by atoms with Crippen LogP contribution in [0.1, 0.15) is 18.9 Å². The summed E-state index contributed by atoms with van der Waals surface area (Å²) in [4.78, 5) is 15.9. The molecule has 6 heteroatoms. The van der Waals surface area contributed by atoms with Gasteiger partial charge in [-0.25, -0.2) is 4.98 Å². The maximum Gasteiger partial charge on any atom is 0.238 e. The maximum atomic E-state index is 5.33. The molecular weight excluding hydrogens is 877 g/mol. The molecule has 0 fully saturated rings. The summed E-state index contributed by atoms with van der Waals surface area (Å²) < 4.78 is 7.20. The predicted octanol–water partition coefficient (Wildman–Crippen LogP) is 16.8. The summed E-state index contributed by atoms with van der Waals surface area (Å²) in [6.07, 6.45) is 5.78. The van der Waals surface area contributed by atoms with Crippen LogP contribution >= 0.6 is 0 Å². The number of allylic oxidation sites excluding steroid dienone is 4. The third kappa shape index (κ3) is 6.25. The van der Waals surface area contributed by atoms with Gasteiger partial charge in [-0.1, -0.05) is 171 Å². The lowest BCUT2D eigenvalue weighted by Crippen LogP contribution is -2.06. The largest absolute Gasteiger partial charge is 0.313 e. The Bertz CT molecular complexity index is 4520. The third-order valence-corrected chi connectivity index (χ3v) is 14.9. The zero-order chi connectivity index (χ0) is 47.4. The highest BCUT2D eigenvalue weighted by Gasteiger charge is 2.25. The standard InChI is InChI=1S/C66H44N6/c1-41-35-49(42-15-3-2-4-16-42)39-51(36-41)71-58-26-14-11-23-54(58)63-61(71)34-33-60-62(63)53-22-10-13-25-57(53)70(60)50-31-32-59-55(40-50)52-21-9-12-24-56(52)72(59)66-68-64(47-29-27-43-17-5-7-19-45(43)37-47)67-65(69-66)48-30-28-44-18-6-8-20-46(44)38-48/h2-35,37-41H,36H2,1H3. The molecule has 6 nitrogen and oxygen atoms in total. The molecule has 0 amide bonds. The Balaban J connectivity index is 0.938. The number of aromatic nitrogens is 6. The van der Waals surface area contributed by atoms with Crippen LogP contribution in [0.15, 0.2) is 231 Å². The Kier molecular flexibility index (Phi) is 8.90. The van der Waals surface area contributed by atoms with Crippen molar-refractivity contribution in [3.05, 3.63) is 236 Å². The zero-order valence-corrected chi connectivity index (χ0v) is 39.4. The first-order valence-corrected chi connectivity index (χ1v) is 24.8. The van der Waals surface area contributed by atoms with Crippen LogP contribution in [-0.2, 0) is 0 Å². The molecule has 1 aliphatic rings. The second-order valence-electron chi connectivity index (χ2n) is 19.3. The highest BCUT2D eigenvalue weighted by molar-refractivity contribution is 6.29. The number of hydrogen-bond acceptors (Lipinski definition) is 3. The SMILES string of the molecule is CC1C=C(c2ccccc2)C=C(n2c3ccccc3c3c4c5ccccc5n(-c5ccc6c(c5)c5ccccc5n6-c5nc(-c6ccc7ccccc7c6)nc(-c6ccc7ccccc7c6)n5)c4ccc32)C1. The van der Waals surface area contributed by atoms with Gasteiger partial charge in [-0.3, -0.25) is 4.57 Å². The molecular formula is C66H44N6. The van der Waals surface area contributed by atoms with Crippen molar-refractivity contribution in [1.29, 1.82) is 0 Å². The van der Waals surface area contributed by atoms with E-state index in [0.717, 1.165) is 61.3 Å². The molecule has 0 bridgehead atoms. The molecule has 72 heavy (non-hydrogen) atoms. The van der Waals surface area contributed by atoms with Crippen LogP contribution in [-0.4, -0.2) is 28.7 Å². The number of hydrogen-bond donors (Lipinski definition) is 0. The highest BCUT2D eigenvalue weighted by Crippen LogP contribution is 2.45. The molecule has 0 N–H and O–H groups in total. The smallest absolute Gasteiger partial charge is 0.238 e. The van der Waals surface area contributed by atoms with Crippen LogP contribution in [0.5, 0.6) is 0 Å². The van der Waals surface area contributed by atoms with E-state index in [1.165, 1.54) is 65.7 Å². The van der Waals surface area contributed by atoms with Gasteiger partial charge in [-0.05, 0) is 112 Å². The molecule has 15 rings (SSSR count). The maximum absolute atomic E-state index is 5.33. The molecule has 0 aliphatic heterocycles. The van der Waals surface area contributed by atoms with E-state index in [9.17, 15) is 0 Å². The molecule has 0 spiro atoms. The number of nitrogens with zero attached hydrogens (tertiary/aromatic N) is 6. The minimum atomic E-state index is 0.395. The minimum absolute atomic E-state index is 0.395. The molecule has 4 heterocycles. The lowest BCUT2D eigenvalue weighted by Gasteiger charge is -2.22. The Hall–Kier alpha value is -9.39. The van der Waals surface area contributed by atoms with Gasteiger partial charge in [0.25, 0.3) is 0 Å². The van der Waals surface area contributed by atoms with Crippen LogP contribution < -0.4 is 0 Å². The first-order valence-electron chi connectivity index (χ1n) is 24.8. The average Bonchev–Trinajstić information content (AvgIpc) is 4.08. The van der Waals surface area contributed by atoms with E-state index < -0.39 is 0 Å². The van der Waals surface area contributed by atoms with E-state index in [0.29, 0.717) is 23.5 Å². The first kappa shape index (κ1) is 40.5.